The first-order valence-corrected chi connectivity index (χ1v) is 8.03. The molecule has 1 atom stereocenters. The summed E-state index contributed by atoms with van der Waals surface area (Å²) >= 11 is 0. The Morgan fingerprint density at radius 3 is 2.35 bits per heavy atom. The molecule has 0 unspecified atom stereocenters. The molecule has 0 aliphatic rings. The first-order chi connectivity index (χ1) is 10.9. The fraction of sp³-hybridized carbons (Fsp3) is 0.421. The number of halogens is 1. The Hall–Kier alpha value is -2.10. The Labute approximate surface area is 137 Å². The van der Waals surface area contributed by atoms with E-state index in [4.69, 9.17) is 4.42 Å². The third-order valence-electron chi connectivity index (χ3n) is 4.19. The third-order valence-corrected chi connectivity index (χ3v) is 4.19. The molecule has 23 heavy (non-hydrogen) atoms. The molecule has 1 aromatic heterocycles. The summed E-state index contributed by atoms with van der Waals surface area (Å²) < 4.78 is 18.5. The lowest BCUT2D eigenvalue weighted by Gasteiger charge is -2.33. The zero-order valence-electron chi connectivity index (χ0n) is 14.2. The molecule has 0 fully saturated rings. The Balaban J connectivity index is 2.25. The molecule has 2 aromatic rings. The number of carbonyl (C=O) groups is 1. The molecule has 1 heterocycles. The summed E-state index contributed by atoms with van der Waals surface area (Å²) in [7, 11) is 0. The van der Waals surface area contributed by atoms with E-state index in [1.807, 2.05) is 18.7 Å². The van der Waals surface area contributed by atoms with Gasteiger partial charge in [-0.3, -0.25) is 4.79 Å². The van der Waals surface area contributed by atoms with Crippen molar-refractivity contribution in [1.82, 2.24) is 4.90 Å². The lowest BCUT2D eigenvalue weighted by molar-refractivity contribution is 0.0605. The van der Waals surface area contributed by atoms with Gasteiger partial charge >= 0.3 is 0 Å². The van der Waals surface area contributed by atoms with Gasteiger partial charge in [0.2, 0.25) is 0 Å². The molecule has 0 aliphatic carbocycles. The second kappa shape index (κ2) is 7.44. The van der Waals surface area contributed by atoms with Crippen molar-refractivity contribution in [2.45, 2.75) is 40.2 Å². The summed E-state index contributed by atoms with van der Waals surface area (Å²) in [4.78, 5) is 14.7. The number of benzene rings is 1. The molecule has 0 radical (unpaired) electrons. The van der Waals surface area contributed by atoms with Crippen LogP contribution in [0.2, 0.25) is 0 Å². The number of likely N-dealkylation sites (N-methyl/N-ethyl adjacent to an activating group) is 1. The van der Waals surface area contributed by atoms with E-state index in [1.165, 1.54) is 12.1 Å². The van der Waals surface area contributed by atoms with Crippen LogP contribution >= 0.6 is 0 Å². The van der Waals surface area contributed by atoms with Crippen LogP contribution in [0.5, 0.6) is 0 Å². The lowest BCUT2D eigenvalue weighted by atomic mass is 9.94. The van der Waals surface area contributed by atoms with E-state index in [2.05, 4.69) is 13.8 Å². The van der Waals surface area contributed by atoms with Gasteiger partial charge < -0.3 is 9.32 Å². The number of nitrogens with zero attached hydrogens (tertiary/aromatic N) is 1. The molecule has 0 saturated heterocycles. The summed E-state index contributed by atoms with van der Waals surface area (Å²) in [5.74, 6) is 0.344. The van der Waals surface area contributed by atoms with Crippen LogP contribution in [0.4, 0.5) is 4.39 Å². The van der Waals surface area contributed by atoms with Gasteiger partial charge in [-0.15, -0.1) is 0 Å². The van der Waals surface area contributed by atoms with E-state index in [1.54, 1.807) is 24.5 Å². The van der Waals surface area contributed by atoms with Gasteiger partial charge in [0.25, 0.3) is 5.91 Å². The van der Waals surface area contributed by atoms with Crippen LogP contribution in [0.25, 0.3) is 0 Å². The lowest BCUT2D eigenvalue weighted by Crippen LogP contribution is -2.44. The molecule has 2 rings (SSSR count). The van der Waals surface area contributed by atoms with Gasteiger partial charge in [0.15, 0.2) is 5.76 Å². The van der Waals surface area contributed by atoms with E-state index < -0.39 is 0 Å². The molecular formula is C19H24FNO2. The second-order valence-corrected chi connectivity index (χ2v) is 6.17. The number of furan rings is 1. The van der Waals surface area contributed by atoms with Gasteiger partial charge in [0, 0.05) is 18.2 Å². The highest BCUT2D eigenvalue weighted by molar-refractivity contribution is 5.93. The highest BCUT2D eigenvalue weighted by Gasteiger charge is 2.28. The van der Waals surface area contributed by atoms with Crippen molar-refractivity contribution in [2.75, 3.05) is 6.54 Å². The van der Waals surface area contributed by atoms with Crippen molar-refractivity contribution >= 4 is 5.91 Å². The third kappa shape index (κ3) is 4.01. The van der Waals surface area contributed by atoms with Gasteiger partial charge in [-0.05, 0) is 49.9 Å². The van der Waals surface area contributed by atoms with Crippen molar-refractivity contribution in [3.8, 4) is 0 Å². The molecule has 0 spiro atoms. The van der Waals surface area contributed by atoms with E-state index in [-0.39, 0.29) is 23.7 Å². The molecule has 0 aliphatic heterocycles. The number of hydrogen-bond donors (Lipinski definition) is 0. The van der Waals surface area contributed by atoms with E-state index in [0.29, 0.717) is 18.7 Å². The van der Waals surface area contributed by atoms with Crippen molar-refractivity contribution in [3.05, 3.63) is 59.3 Å². The Kier molecular flexibility index (Phi) is 5.59. The van der Waals surface area contributed by atoms with Gasteiger partial charge in [-0.1, -0.05) is 26.0 Å². The molecular weight excluding hydrogens is 293 g/mol. The van der Waals surface area contributed by atoms with Crippen LogP contribution in [-0.4, -0.2) is 23.4 Å². The summed E-state index contributed by atoms with van der Waals surface area (Å²) in [6.45, 7) is 8.63. The van der Waals surface area contributed by atoms with Crippen LogP contribution in [0.1, 0.15) is 42.5 Å². The number of aryl methyl sites for hydroxylation is 1. The highest BCUT2D eigenvalue weighted by Crippen LogP contribution is 2.21. The van der Waals surface area contributed by atoms with Crippen molar-refractivity contribution in [2.24, 2.45) is 5.92 Å². The van der Waals surface area contributed by atoms with Crippen LogP contribution in [0, 0.1) is 18.7 Å². The summed E-state index contributed by atoms with van der Waals surface area (Å²) in [6, 6.07) is 8.30. The SMILES string of the molecule is CCN(C(=O)c1occc1C)[C@@H](Cc1ccc(F)cc1)C(C)C. The first-order valence-electron chi connectivity index (χ1n) is 8.03. The summed E-state index contributed by atoms with van der Waals surface area (Å²) in [5.41, 5.74) is 1.87. The molecule has 0 N–H and O–H groups in total. The standard InChI is InChI=1S/C19H24FNO2/c1-5-21(19(22)18-14(4)10-11-23-18)17(13(2)3)12-15-6-8-16(20)9-7-15/h6-11,13,17H,5,12H2,1-4H3/t17-/m0/s1. The van der Waals surface area contributed by atoms with Crippen LogP contribution in [0.15, 0.2) is 41.0 Å². The maximum atomic E-state index is 13.1. The summed E-state index contributed by atoms with van der Waals surface area (Å²) in [5, 5.41) is 0. The Morgan fingerprint density at radius 1 is 1.22 bits per heavy atom. The molecule has 1 amide bonds. The average molecular weight is 317 g/mol. The average Bonchev–Trinajstić information content (AvgIpc) is 2.94. The van der Waals surface area contributed by atoms with Crippen LogP contribution in [0.3, 0.4) is 0 Å². The monoisotopic (exact) mass is 317 g/mol. The molecule has 124 valence electrons. The molecule has 3 nitrogen and oxygen atoms in total. The van der Waals surface area contributed by atoms with Gasteiger partial charge in [0.1, 0.15) is 5.82 Å². The van der Waals surface area contributed by atoms with E-state index in [0.717, 1.165) is 11.1 Å². The van der Waals surface area contributed by atoms with Gasteiger partial charge in [0.05, 0.1) is 6.26 Å². The smallest absolute Gasteiger partial charge is 0.290 e. The Morgan fingerprint density at radius 2 is 1.87 bits per heavy atom. The molecule has 0 bridgehead atoms. The number of amides is 1. The molecule has 0 saturated carbocycles. The van der Waals surface area contributed by atoms with E-state index in [9.17, 15) is 9.18 Å². The fourth-order valence-electron chi connectivity index (χ4n) is 2.82. The maximum Gasteiger partial charge on any atom is 0.290 e. The summed E-state index contributed by atoms with van der Waals surface area (Å²) in [6.07, 6.45) is 2.23. The predicted molar refractivity (Wildman–Crippen MR) is 88.9 cm³/mol. The minimum absolute atomic E-state index is 0.0301. The van der Waals surface area contributed by atoms with Crippen molar-refractivity contribution < 1.29 is 13.6 Å². The fourth-order valence-corrected chi connectivity index (χ4v) is 2.82. The van der Waals surface area contributed by atoms with Crippen molar-refractivity contribution in [1.29, 1.82) is 0 Å². The highest BCUT2D eigenvalue weighted by atomic mass is 19.1. The minimum Gasteiger partial charge on any atom is -0.459 e. The zero-order chi connectivity index (χ0) is 17.0. The Bertz CT molecular complexity index is 646. The largest absolute Gasteiger partial charge is 0.459 e. The molecule has 4 heteroatoms. The predicted octanol–water partition coefficient (Wildman–Crippen LogP) is 4.46. The number of rotatable bonds is 6. The normalized spacial score (nSPS) is 12.4. The number of carbonyl (C=O) groups excluding carboxylic acids is 1. The number of hydrogen-bond acceptors (Lipinski definition) is 2. The van der Waals surface area contributed by atoms with E-state index >= 15 is 0 Å². The van der Waals surface area contributed by atoms with Crippen molar-refractivity contribution in [3.63, 3.8) is 0 Å². The molecule has 1 aromatic carbocycles. The first kappa shape index (κ1) is 17.3. The van der Waals surface area contributed by atoms with Gasteiger partial charge in [-0.25, -0.2) is 4.39 Å². The van der Waals surface area contributed by atoms with Crippen LogP contribution in [-0.2, 0) is 6.42 Å². The topological polar surface area (TPSA) is 33.5 Å². The zero-order valence-corrected chi connectivity index (χ0v) is 14.2. The van der Waals surface area contributed by atoms with Crippen LogP contribution < -0.4 is 0 Å². The minimum atomic E-state index is -0.246. The maximum absolute atomic E-state index is 13.1. The second-order valence-electron chi connectivity index (χ2n) is 6.17. The quantitative estimate of drug-likeness (QED) is 0.788. The van der Waals surface area contributed by atoms with Gasteiger partial charge in [-0.2, -0.15) is 0 Å².